The molecular weight excluding hydrogens is 339 g/mol. The van der Waals surface area contributed by atoms with Crippen LogP contribution in [-0.4, -0.2) is 0 Å². The van der Waals surface area contributed by atoms with Crippen LogP contribution in [0.15, 0.2) is 72.8 Å². The first-order valence-corrected chi connectivity index (χ1v) is 8.29. The number of hydrogen-bond donors (Lipinski definition) is 2. The van der Waals surface area contributed by atoms with Crippen molar-refractivity contribution in [1.82, 2.24) is 5.43 Å². The highest BCUT2D eigenvalue weighted by molar-refractivity contribution is 6.31. The zero-order chi connectivity index (χ0) is 17.5. The van der Waals surface area contributed by atoms with Crippen molar-refractivity contribution in [3.63, 3.8) is 0 Å². The van der Waals surface area contributed by atoms with E-state index in [1.54, 1.807) is 12.1 Å². The summed E-state index contributed by atoms with van der Waals surface area (Å²) in [7, 11) is 0. The molecule has 3 aromatic carbocycles. The summed E-state index contributed by atoms with van der Waals surface area (Å²) < 4.78 is 19.7. The van der Waals surface area contributed by atoms with Crippen molar-refractivity contribution >= 4 is 17.3 Å². The van der Waals surface area contributed by atoms with Crippen molar-refractivity contribution in [2.75, 3.05) is 5.43 Å². The zero-order valence-electron chi connectivity index (χ0n) is 13.5. The number of benzene rings is 3. The Labute approximate surface area is 151 Å². The molecule has 0 aliphatic carbocycles. The maximum atomic E-state index is 13.9. The summed E-state index contributed by atoms with van der Waals surface area (Å²) >= 11 is 6.04. The molecule has 3 rings (SSSR count). The van der Waals surface area contributed by atoms with E-state index in [1.807, 2.05) is 54.6 Å². The second kappa shape index (κ2) is 8.51. The third-order valence-electron chi connectivity index (χ3n) is 3.69. The quantitative estimate of drug-likeness (QED) is 0.572. The van der Waals surface area contributed by atoms with Crippen LogP contribution in [0.4, 0.5) is 10.1 Å². The van der Waals surface area contributed by atoms with Crippen LogP contribution in [0.25, 0.3) is 0 Å². The highest BCUT2D eigenvalue weighted by Gasteiger charge is 2.09. The SMILES string of the molecule is Fc1cccc(Cl)c1COc1ccccc1CNNc1ccccc1. The predicted molar refractivity (Wildman–Crippen MR) is 99.1 cm³/mol. The molecule has 0 bridgehead atoms. The molecule has 0 radical (unpaired) electrons. The monoisotopic (exact) mass is 356 g/mol. The minimum Gasteiger partial charge on any atom is -0.488 e. The molecule has 0 aliphatic rings. The average Bonchev–Trinajstić information content (AvgIpc) is 2.63. The third-order valence-corrected chi connectivity index (χ3v) is 4.05. The molecule has 3 nitrogen and oxygen atoms in total. The highest BCUT2D eigenvalue weighted by Crippen LogP contribution is 2.23. The summed E-state index contributed by atoms with van der Waals surface area (Å²) in [5, 5.41) is 0.362. The van der Waals surface area contributed by atoms with Gasteiger partial charge < -0.3 is 10.2 Å². The molecule has 25 heavy (non-hydrogen) atoms. The van der Waals surface area contributed by atoms with Crippen molar-refractivity contribution in [3.8, 4) is 5.75 Å². The van der Waals surface area contributed by atoms with Crippen LogP contribution in [0, 0.1) is 5.82 Å². The summed E-state index contributed by atoms with van der Waals surface area (Å²) in [6, 6.07) is 22.0. The lowest BCUT2D eigenvalue weighted by molar-refractivity contribution is 0.296. The van der Waals surface area contributed by atoms with Gasteiger partial charge in [-0.25, -0.2) is 9.82 Å². The van der Waals surface area contributed by atoms with Gasteiger partial charge in [0.1, 0.15) is 18.2 Å². The summed E-state index contributed by atoms with van der Waals surface area (Å²) in [6.45, 7) is 0.630. The number of anilines is 1. The number of rotatable bonds is 7. The lowest BCUT2D eigenvalue weighted by Gasteiger charge is -2.14. The minimum absolute atomic E-state index is 0.0780. The Morgan fingerprint density at radius 2 is 1.64 bits per heavy atom. The van der Waals surface area contributed by atoms with Gasteiger partial charge in [0, 0.05) is 23.4 Å². The van der Waals surface area contributed by atoms with E-state index >= 15 is 0 Å². The zero-order valence-corrected chi connectivity index (χ0v) is 14.3. The van der Waals surface area contributed by atoms with Crippen molar-refractivity contribution in [2.24, 2.45) is 0 Å². The standard InChI is InChI=1S/C20H18ClFN2O/c21-18-10-6-11-19(22)17(18)14-25-20-12-5-4-7-15(20)13-23-24-16-8-2-1-3-9-16/h1-12,23-24H,13-14H2. The Kier molecular flexibility index (Phi) is 5.88. The first kappa shape index (κ1) is 17.3. The Morgan fingerprint density at radius 1 is 0.880 bits per heavy atom. The molecule has 0 atom stereocenters. The lowest BCUT2D eigenvalue weighted by Crippen LogP contribution is -2.21. The van der Waals surface area contributed by atoms with E-state index in [-0.39, 0.29) is 12.4 Å². The van der Waals surface area contributed by atoms with E-state index < -0.39 is 0 Å². The number of nitrogens with one attached hydrogen (secondary N) is 2. The van der Waals surface area contributed by atoms with E-state index in [0.717, 1.165) is 11.3 Å². The Morgan fingerprint density at radius 3 is 2.44 bits per heavy atom. The van der Waals surface area contributed by atoms with Gasteiger partial charge in [-0.2, -0.15) is 0 Å². The molecule has 0 fully saturated rings. The van der Waals surface area contributed by atoms with Gasteiger partial charge in [-0.05, 0) is 30.3 Å². The molecule has 5 heteroatoms. The van der Waals surface area contributed by atoms with Crippen LogP contribution in [0.3, 0.4) is 0 Å². The van der Waals surface area contributed by atoms with Gasteiger partial charge in [0.25, 0.3) is 0 Å². The fraction of sp³-hybridized carbons (Fsp3) is 0.100. The summed E-state index contributed by atoms with van der Waals surface area (Å²) in [5.74, 6) is 0.318. The van der Waals surface area contributed by atoms with E-state index in [9.17, 15) is 4.39 Å². The molecule has 128 valence electrons. The van der Waals surface area contributed by atoms with Gasteiger partial charge in [0.15, 0.2) is 0 Å². The topological polar surface area (TPSA) is 33.3 Å². The second-order valence-electron chi connectivity index (χ2n) is 5.44. The fourth-order valence-corrected chi connectivity index (χ4v) is 2.59. The average molecular weight is 357 g/mol. The molecule has 2 N–H and O–H groups in total. The van der Waals surface area contributed by atoms with Gasteiger partial charge in [-0.3, -0.25) is 0 Å². The van der Waals surface area contributed by atoms with Crippen LogP contribution >= 0.6 is 11.6 Å². The third kappa shape index (κ3) is 4.72. The van der Waals surface area contributed by atoms with Crippen molar-refractivity contribution in [1.29, 1.82) is 0 Å². The Balaban J connectivity index is 1.63. The van der Waals surface area contributed by atoms with E-state index in [1.165, 1.54) is 6.07 Å². The molecule has 0 saturated carbocycles. The maximum absolute atomic E-state index is 13.9. The Bertz CT molecular complexity index is 807. The molecule has 0 aliphatic heterocycles. The predicted octanol–water partition coefficient (Wildman–Crippen LogP) is 5.17. The van der Waals surface area contributed by atoms with Crippen LogP contribution in [0.2, 0.25) is 5.02 Å². The summed E-state index contributed by atoms with van der Waals surface area (Å²) in [6.07, 6.45) is 0. The van der Waals surface area contributed by atoms with Crippen molar-refractivity contribution in [3.05, 3.63) is 94.8 Å². The Hall–Kier alpha value is -2.56. The molecular formula is C20H18ClFN2O. The maximum Gasteiger partial charge on any atom is 0.131 e. The van der Waals surface area contributed by atoms with Crippen molar-refractivity contribution < 1.29 is 9.13 Å². The molecule has 0 spiro atoms. The van der Waals surface area contributed by atoms with Gasteiger partial charge in [-0.15, -0.1) is 0 Å². The van der Waals surface area contributed by atoms with Gasteiger partial charge in [-0.1, -0.05) is 54.1 Å². The van der Waals surface area contributed by atoms with E-state index in [4.69, 9.17) is 16.3 Å². The van der Waals surface area contributed by atoms with E-state index in [2.05, 4.69) is 10.9 Å². The molecule has 0 saturated heterocycles. The van der Waals surface area contributed by atoms with Gasteiger partial charge in [0.05, 0.1) is 5.02 Å². The molecule has 0 heterocycles. The van der Waals surface area contributed by atoms with Gasteiger partial charge >= 0.3 is 0 Å². The van der Waals surface area contributed by atoms with Crippen LogP contribution in [0.1, 0.15) is 11.1 Å². The smallest absolute Gasteiger partial charge is 0.131 e. The summed E-state index contributed by atoms with van der Waals surface area (Å²) in [5.41, 5.74) is 8.56. The molecule has 0 amide bonds. The summed E-state index contributed by atoms with van der Waals surface area (Å²) in [4.78, 5) is 0. The number of ether oxygens (including phenoxy) is 1. The van der Waals surface area contributed by atoms with Crippen LogP contribution < -0.4 is 15.6 Å². The number of hydrazine groups is 1. The highest BCUT2D eigenvalue weighted by atomic mass is 35.5. The second-order valence-corrected chi connectivity index (χ2v) is 5.85. The number of hydrogen-bond acceptors (Lipinski definition) is 3. The van der Waals surface area contributed by atoms with E-state index in [0.29, 0.717) is 22.9 Å². The minimum atomic E-state index is -0.367. The fourth-order valence-electron chi connectivity index (χ4n) is 2.37. The van der Waals surface area contributed by atoms with Gasteiger partial charge in [0.2, 0.25) is 0 Å². The largest absolute Gasteiger partial charge is 0.488 e. The first-order valence-electron chi connectivity index (χ1n) is 7.91. The van der Waals surface area contributed by atoms with Crippen LogP contribution in [-0.2, 0) is 13.2 Å². The van der Waals surface area contributed by atoms with Crippen LogP contribution in [0.5, 0.6) is 5.75 Å². The first-order chi connectivity index (χ1) is 12.2. The molecule has 0 aromatic heterocycles. The molecule has 0 unspecified atom stereocenters. The molecule has 3 aromatic rings. The van der Waals surface area contributed by atoms with Crippen molar-refractivity contribution in [2.45, 2.75) is 13.2 Å². The number of halogens is 2. The normalized spacial score (nSPS) is 10.5. The number of para-hydroxylation sites is 2. The lowest BCUT2D eigenvalue weighted by atomic mass is 10.2.